The number of rotatable bonds is 5. The molecule has 1 heterocycles. The molecule has 0 saturated heterocycles. The van der Waals surface area contributed by atoms with Crippen molar-refractivity contribution in [2.24, 2.45) is 5.84 Å². The number of hydrogen-bond acceptors (Lipinski definition) is 5. The van der Waals surface area contributed by atoms with Crippen LogP contribution in [-0.4, -0.2) is 15.4 Å². The summed E-state index contributed by atoms with van der Waals surface area (Å²) in [4.78, 5) is 32.6. The summed E-state index contributed by atoms with van der Waals surface area (Å²) >= 11 is 0. The molecule has 8 nitrogen and oxygen atoms in total. The van der Waals surface area contributed by atoms with E-state index in [1.807, 2.05) is 5.43 Å². The lowest BCUT2D eigenvalue weighted by Crippen LogP contribution is -2.30. The van der Waals surface area contributed by atoms with Gasteiger partial charge in [-0.05, 0) is 13.3 Å². The van der Waals surface area contributed by atoms with Gasteiger partial charge in [-0.25, -0.2) is 5.84 Å². The van der Waals surface area contributed by atoms with Crippen molar-refractivity contribution in [3.05, 3.63) is 38.3 Å². The maximum absolute atomic E-state index is 11.6. The smallest absolute Gasteiger partial charge is 0.288 e. The molecule has 0 spiro atoms. The molecule has 0 radical (unpaired) electrons. The second kappa shape index (κ2) is 5.92. The summed E-state index contributed by atoms with van der Waals surface area (Å²) in [5.41, 5.74) is 1.85. The van der Waals surface area contributed by atoms with Crippen LogP contribution in [0.15, 0.2) is 17.1 Å². The third kappa shape index (κ3) is 3.39. The number of nitrogens with two attached hydrogens (primary N) is 1. The molecule has 0 aromatic carbocycles. The van der Waals surface area contributed by atoms with E-state index in [4.69, 9.17) is 5.84 Å². The number of aromatic nitrogens is 1. The quantitative estimate of drug-likeness (QED) is 0.327. The van der Waals surface area contributed by atoms with Crippen LogP contribution < -0.4 is 16.8 Å². The summed E-state index contributed by atoms with van der Waals surface area (Å²) in [6.07, 6.45) is 1.73. The molecule has 0 aliphatic carbocycles. The molecule has 0 unspecified atom stereocenters. The van der Waals surface area contributed by atoms with Crippen molar-refractivity contribution in [2.75, 3.05) is 0 Å². The Morgan fingerprint density at radius 3 is 2.83 bits per heavy atom. The summed E-state index contributed by atoms with van der Waals surface area (Å²) in [5.74, 6) is 4.56. The van der Waals surface area contributed by atoms with Gasteiger partial charge in [-0.3, -0.25) is 25.1 Å². The highest BCUT2D eigenvalue weighted by Gasteiger charge is 2.13. The number of aryl methyl sites for hydroxylation is 2. The maximum Gasteiger partial charge on any atom is 0.288 e. The third-order valence-electron chi connectivity index (χ3n) is 2.47. The van der Waals surface area contributed by atoms with Gasteiger partial charge in [-0.1, -0.05) is 0 Å². The first-order chi connectivity index (χ1) is 8.45. The highest BCUT2D eigenvalue weighted by atomic mass is 16.6. The fraction of sp³-hybridized carbons (Fsp3) is 0.400. The summed E-state index contributed by atoms with van der Waals surface area (Å²) < 4.78 is 1.22. The largest absolute Gasteiger partial charge is 0.309 e. The van der Waals surface area contributed by atoms with Gasteiger partial charge in [0.15, 0.2) is 0 Å². The van der Waals surface area contributed by atoms with Gasteiger partial charge in [0.25, 0.3) is 11.2 Å². The van der Waals surface area contributed by atoms with E-state index in [-0.39, 0.29) is 30.1 Å². The first-order valence-electron chi connectivity index (χ1n) is 5.30. The lowest BCUT2D eigenvalue weighted by molar-refractivity contribution is -0.385. The highest BCUT2D eigenvalue weighted by Crippen LogP contribution is 2.14. The topological polar surface area (TPSA) is 120 Å². The van der Waals surface area contributed by atoms with E-state index in [1.165, 1.54) is 23.8 Å². The van der Waals surface area contributed by atoms with E-state index in [0.717, 1.165) is 0 Å². The number of carbonyl (C=O) groups is 1. The van der Waals surface area contributed by atoms with E-state index < -0.39 is 4.92 Å². The van der Waals surface area contributed by atoms with E-state index in [0.29, 0.717) is 12.0 Å². The van der Waals surface area contributed by atoms with Crippen molar-refractivity contribution >= 4 is 11.6 Å². The first kappa shape index (κ1) is 13.8. The molecule has 98 valence electrons. The van der Waals surface area contributed by atoms with Gasteiger partial charge in [0.1, 0.15) is 0 Å². The molecule has 1 aromatic heterocycles. The Morgan fingerprint density at radius 2 is 2.28 bits per heavy atom. The fourth-order valence-corrected chi connectivity index (χ4v) is 1.50. The molecule has 1 amide bonds. The van der Waals surface area contributed by atoms with Crippen molar-refractivity contribution in [3.8, 4) is 0 Å². The van der Waals surface area contributed by atoms with Crippen molar-refractivity contribution < 1.29 is 9.72 Å². The third-order valence-corrected chi connectivity index (χ3v) is 2.47. The van der Waals surface area contributed by atoms with Crippen LogP contribution >= 0.6 is 0 Å². The number of carbonyl (C=O) groups excluding carboxylic acids is 1. The van der Waals surface area contributed by atoms with Crippen LogP contribution in [-0.2, 0) is 11.3 Å². The molecule has 8 heteroatoms. The second-order valence-electron chi connectivity index (χ2n) is 3.80. The molecule has 0 fully saturated rings. The maximum atomic E-state index is 11.6. The van der Waals surface area contributed by atoms with Gasteiger partial charge >= 0.3 is 0 Å². The van der Waals surface area contributed by atoms with E-state index >= 15 is 0 Å². The molecular formula is C10H14N4O4. The minimum atomic E-state index is -0.544. The van der Waals surface area contributed by atoms with Crippen LogP contribution in [0, 0.1) is 17.0 Å². The minimum absolute atomic E-state index is 0.113. The second-order valence-corrected chi connectivity index (χ2v) is 3.80. The number of hydrazine groups is 1. The summed E-state index contributed by atoms with van der Waals surface area (Å²) in [6.45, 7) is 1.74. The van der Waals surface area contributed by atoms with E-state index in [2.05, 4.69) is 0 Å². The Bertz CT molecular complexity index is 523. The Kier molecular flexibility index (Phi) is 4.55. The Balaban J connectivity index is 2.83. The SMILES string of the molecule is Cc1cc(=O)n(CCCC(=O)NN)cc1[N+](=O)[O-]. The van der Waals surface area contributed by atoms with Crippen molar-refractivity contribution in [3.63, 3.8) is 0 Å². The van der Waals surface area contributed by atoms with Gasteiger partial charge in [0.05, 0.1) is 11.1 Å². The molecule has 18 heavy (non-hydrogen) atoms. The average molecular weight is 254 g/mol. The number of hydrogen-bond donors (Lipinski definition) is 2. The molecular weight excluding hydrogens is 240 g/mol. The standard InChI is InChI=1S/C10H14N4O4/c1-7-5-10(16)13(6-8(7)14(17)18)4-2-3-9(15)12-11/h5-6H,2-4,11H2,1H3,(H,12,15). The highest BCUT2D eigenvalue weighted by molar-refractivity contribution is 5.75. The van der Waals surface area contributed by atoms with Gasteiger partial charge < -0.3 is 4.57 Å². The Labute approximate surface area is 103 Å². The predicted octanol–water partition coefficient (Wildman–Crippen LogP) is -0.165. The van der Waals surface area contributed by atoms with Gasteiger partial charge in [-0.15, -0.1) is 0 Å². The lowest BCUT2D eigenvalue weighted by Gasteiger charge is -2.06. The van der Waals surface area contributed by atoms with E-state index in [1.54, 1.807) is 0 Å². The number of nitrogens with one attached hydrogen (secondary N) is 1. The van der Waals surface area contributed by atoms with E-state index in [9.17, 15) is 19.7 Å². The molecule has 1 rings (SSSR count). The summed E-state index contributed by atoms with van der Waals surface area (Å²) in [6, 6.07) is 1.21. The number of nitro groups is 1. The van der Waals surface area contributed by atoms with Crippen LogP contribution in [0.4, 0.5) is 5.69 Å². The molecule has 0 aliphatic heterocycles. The predicted molar refractivity (Wildman–Crippen MR) is 63.7 cm³/mol. The molecule has 0 atom stereocenters. The molecule has 3 N–H and O–H groups in total. The minimum Gasteiger partial charge on any atom is -0.309 e. The fourth-order valence-electron chi connectivity index (χ4n) is 1.50. The normalized spacial score (nSPS) is 10.1. The average Bonchev–Trinajstić information content (AvgIpc) is 2.31. The zero-order chi connectivity index (χ0) is 13.7. The van der Waals surface area contributed by atoms with Crippen LogP contribution in [0.5, 0.6) is 0 Å². The summed E-state index contributed by atoms with van der Waals surface area (Å²) in [5, 5.41) is 10.7. The monoisotopic (exact) mass is 254 g/mol. The van der Waals surface area contributed by atoms with Gasteiger partial charge in [-0.2, -0.15) is 0 Å². The van der Waals surface area contributed by atoms with Crippen LogP contribution in [0.2, 0.25) is 0 Å². The number of nitrogens with zero attached hydrogens (tertiary/aromatic N) is 2. The number of amides is 1. The van der Waals surface area contributed by atoms with Crippen LogP contribution in [0.1, 0.15) is 18.4 Å². The van der Waals surface area contributed by atoms with Crippen molar-refractivity contribution in [1.29, 1.82) is 0 Å². The molecule has 1 aromatic rings. The summed E-state index contributed by atoms with van der Waals surface area (Å²) in [7, 11) is 0. The van der Waals surface area contributed by atoms with Gasteiger partial charge in [0.2, 0.25) is 5.91 Å². The van der Waals surface area contributed by atoms with Crippen LogP contribution in [0.25, 0.3) is 0 Å². The lowest BCUT2D eigenvalue weighted by atomic mass is 10.2. The number of pyridine rings is 1. The van der Waals surface area contributed by atoms with Crippen LogP contribution in [0.3, 0.4) is 0 Å². The molecule has 0 bridgehead atoms. The van der Waals surface area contributed by atoms with Crippen molar-refractivity contribution in [1.82, 2.24) is 9.99 Å². The zero-order valence-electron chi connectivity index (χ0n) is 9.88. The first-order valence-corrected chi connectivity index (χ1v) is 5.30. The Morgan fingerprint density at radius 1 is 1.61 bits per heavy atom. The molecule has 0 aliphatic rings. The molecule has 0 saturated carbocycles. The Hall–Kier alpha value is -2.22. The van der Waals surface area contributed by atoms with Gasteiger partial charge in [0, 0.05) is 24.6 Å². The zero-order valence-corrected chi connectivity index (χ0v) is 9.88. The van der Waals surface area contributed by atoms with Crippen molar-refractivity contribution in [2.45, 2.75) is 26.3 Å².